The SMILES string of the molecule is CN(C)Cc1ccccc1CNC(=O)CCNC(=O)c1ccco1. The Bertz CT molecular complexity index is 666. The van der Waals surface area contributed by atoms with E-state index >= 15 is 0 Å². The standard InChI is InChI=1S/C18H23N3O3/c1-21(2)13-15-7-4-3-6-14(15)12-20-17(22)9-10-19-18(23)16-8-5-11-24-16/h3-8,11H,9-10,12-13H2,1-2H3,(H,19,23)(H,20,22). The number of rotatable bonds is 8. The zero-order valence-electron chi connectivity index (χ0n) is 14.0. The Morgan fingerprint density at radius 1 is 1.04 bits per heavy atom. The summed E-state index contributed by atoms with van der Waals surface area (Å²) in [6.45, 7) is 1.57. The van der Waals surface area contributed by atoms with E-state index in [2.05, 4.69) is 21.6 Å². The smallest absolute Gasteiger partial charge is 0.286 e. The summed E-state index contributed by atoms with van der Waals surface area (Å²) in [5.74, 6) is -0.174. The lowest BCUT2D eigenvalue weighted by Crippen LogP contribution is -2.30. The lowest BCUT2D eigenvalue weighted by molar-refractivity contribution is -0.121. The van der Waals surface area contributed by atoms with Crippen molar-refractivity contribution in [3.05, 3.63) is 59.5 Å². The number of nitrogens with zero attached hydrogens (tertiary/aromatic N) is 1. The first kappa shape index (κ1) is 17.7. The second-order valence-corrected chi connectivity index (χ2v) is 5.77. The highest BCUT2D eigenvalue weighted by Gasteiger charge is 2.09. The molecule has 0 bridgehead atoms. The first-order chi connectivity index (χ1) is 11.6. The van der Waals surface area contributed by atoms with E-state index in [4.69, 9.17) is 4.42 Å². The topological polar surface area (TPSA) is 74.6 Å². The number of carbonyl (C=O) groups is 2. The molecule has 2 rings (SSSR count). The normalized spacial score (nSPS) is 10.6. The predicted octanol–water partition coefficient (Wildman–Crippen LogP) is 1.78. The number of amides is 2. The monoisotopic (exact) mass is 329 g/mol. The van der Waals surface area contributed by atoms with Crippen molar-refractivity contribution in [3.63, 3.8) is 0 Å². The molecule has 24 heavy (non-hydrogen) atoms. The largest absolute Gasteiger partial charge is 0.459 e. The Labute approximate surface area is 141 Å². The Kier molecular flexibility index (Phi) is 6.57. The molecule has 0 aliphatic heterocycles. The first-order valence-corrected chi connectivity index (χ1v) is 7.86. The summed E-state index contributed by atoms with van der Waals surface area (Å²) >= 11 is 0. The summed E-state index contributed by atoms with van der Waals surface area (Å²) in [6, 6.07) is 11.3. The van der Waals surface area contributed by atoms with Crippen LogP contribution in [0, 0.1) is 0 Å². The van der Waals surface area contributed by atoms with Gasteiger partial charge in [0.2, 0.25) is 5.91 Å². The van der Waals surface area contributed by atoms with Crippen LogP contribution in [0.15, 0.2) is 47.1 Å². The minimum atomic E-state index is -0.316. The van der Waals surface area contributed by atoms with Crippen molar-refractivity contribution in [2.45, 2.75) is 19.5 Å². The number of hydrogen-bond donors (Lipinski definition) is 2. The van der Waals surface area contributed by atoms with E-state index in [0.29, 0.717) is 6.54 Å². The van der Waals surface area contributed by atoms with Gasteiger partial charge in [-0.2, -0.15) is 0 Å². The van der Waals surface area contributed by atoms with Crippen LogP contribution < -0.4 is 10.6 Å². The van der Waals surface area contributed by atoms with Gasteiger partial charge in [-0.3, -0.25) is 9.59 Å². The van der Waals surface area contributed by atoms with Crippen LogP contribution in [-0.2, 0) is 17.9 Å². The molecule has 0 aliphatic rings. The van der Waals surface area contributed by atoms with Crippen LogP contribution in [0.1, 0.15) is 28.1 Å². The van der Waals surface area contributed by atoms with Crippen LogP contribution in [0.25, 0.3) is 0 Å². The average molecular weight is 329 g/mol. The zero-order valence-corrected chi connectivity index (χ0v) is 14.0. The summed E-state index contributed by atoms with van der Waals surface area (Å²) in [7, 11) is 4.02. The highest BCUT2D eigenvalue weighted by molar-refractivity contribution is 5.91. The van der Waals surface area contributed by atoms with E-state index in [-0.39, 0.29) is 30.5 Å². The van der Waals surface area contributed by atoms with Gasteiger partial charge in [-0.05, 0) is 37.4 Å². The predicted molar refractivity (Wildman–Crippen MR) is 91.3 cm³/mol. The van der Waals surface area contributed by atoms with Crippen molar-refractivity contribution in [2.75, 3.05) is 20.6 Å². The number of nitrogens with one attached hydrogen (secondary N) is 2. The molecule has 2 aromatic rings. The van der Waals surface area contributed by atoms with Crippen LogP contribution >= 0.6 is 0 Å². The van der Waals surface area contributed by atoms with Gasteiger partial charge in [0.05, 0.1) is 6.26 Å². The van der Waals surface area contributed by atoms with Gasteiger partial charge in [0, 0.05) is 26.1 Å². The van der Waals surface area contributed by atoms with E-state index in [9.17, 15) is 9.59 Å². The summed E-state index contributed by atoms with van der Waals surface area (Å²) in [5.41, 5.74) is 2.29. The van der Waals surface area contributed by atoms with Crippen molar-refractivity contribution >= 4 is 11.8 Å². The Morgan fingerprint density at radius 3 is 2.46 bits per heavy atom. The van der Waals surface area contributed by atoms with E-state index in [0.717, 1.165) is 12.1 Å². The summed E-state index contributed by atoms with van der Waals surface area (Å²) in [4.78, 5) is 25.7. The maximum absolute atomic E-state index is 11.9. The van der Waals surface area contributed by atoms with Crippen molar-refractivity contribution in [3.8, 4) is 0 Å². The number of carbonyl (C=O) groups excluding carboxylic acids is 2. The molecule has 6 heteroatoms. The minimum absolute atomic E-state index is 0.102. The number of furan rings is 1. The fourth-order valence-corrected chi connectivity index (χ4v) is 2.29. The van der Waals surface area contributed by atoms with Gasteiger partial charge in [-0.25, -0.2) is 0 Å². The quantitative estimate of drug-likeness (QED) is 0.774. The maximum Gasteiger partial charge on any atom is 0.286 e. The third-order valence-electron chi connectivity index (χ3n) is 3.46. The minimum Gasteiger partial charge on any atom is -0.459 e. The average Bonchev–Trinajstić information content (AvgIpc) is 3.08. The highest BCUT2D eigenvalue weighted by atomic mass is 16.3. The Morgan fingerprint density at radius 2 is 1.79 bits per heavy atom. The molecule has 0 radical (unpaired) electrons. The van der Waals surface area contributed by atoms with Crippen molar-refractivity contribution in [2.24, 2.45) is 0 Å². The van der Waals surface area contributed by atoms with Gasteiger partial charge in [0.15, 0.2) is 5.76 Å². The zero-order chi connectivity index (χ0) is 17.4. The first-order valence-electron chi connectivity index (χ1n) is 7.86. The molecule has 0 spiro atoms. The molecule has 128 valence electrons. The van der Waals surface area contributed by atoms with Gasteiger partial charge >= 0.3 is 0 Å². The van der Waals surface area contributed by atoms with Gasteiger partial charge in [-0.1, -0.05) is 24.3 Å². The molecule has 1 aromatic heterocycles. The molecule has 2 amide bonds. The third kappa shape index (κ3) is 5.55. The summed E-state index contributed by atoms with van der Waals surface area (Å²) in [5, 5.41) is 5.54. The van der Waals surface area contributed by atoms with E-state index in [1.165, 1.54) is 11.8 Å². The van der Waals surface area contributed by atoms with Crippen LogP contribution in [0.4, 0.5) is 0 Å². The molecule has 0 saturated carbocycles. The maximum atomic E-state index is 11.9. The second kappa shape index (κ2) is 8.88. The molecule has 0 saturated heterocycles. The molecule has 0 unspecified atom stereocenters. The van der Waals surface area contributed by atoms with Crippen LogP contribution in [0.3, 0.4) is 0 Å². The molecule has 0 fully saturated rings. The lowest BCUT2D eigenvalue weighted by Gasteiger charge is -2.14. The van der Waals surface area contributed by atoms with E-state index < -0.39 is 0 Å². The summed E-state index contributed by atoms with van der Waals surface area (Å²) < 4.78 is 4.99. The van der Waals surface area contributed by atoms with Gasteiger partial charge in [0.25, 0.3) is 5.91 Å². The molecule has 2 N–H and O–H groups in total. The fourth-order valence-electron chi connectivity index (χ4n) is 2.29. The van der Waals surface area contributed by atoms with Crippen LogP contribution in [0.5, 0.6) is 0 Å². The molecular weight excluding hydrogens is 306 g/mol. The van der Waals surface area contributed by atoms with E-state index in [1.54, 1.807) is 12.1 Å². The number of hydrogen-bond acceptors (Lipinski definition) is 4. The van der Waals surface area contributed by atoms with Crippen LogP contribution in [0.2, 0.25) is 0 Å². The summed E-state index contributed by atoms with van der Waals surface area (Å²) in [6.07, 6.45) is 1.66. The number of benzene rings is 1. The Hall–Kier alpha value is -2.60. The lowest BCUT2D eigenvalue weighted by atomic mass is 10.1. The second-order valence-electron chi connectivity index (χ2n) is 5.77. The fraction of sp³-hybridized carbons (Fsp3) is 0.333. The molecule has 0 aliphatic carbocycles. The third-order valence-corrected chi connectivity index (χ3v) is 3.46. The molecular formula is C18H23N3O3. The molecule has 1 heterocycles. The van der Waals surface area contributed by atoms with E-state index in [1.807, 2.05) is 32.3 Å². The molecule has 1 aromatic carbocycles. The van der Waals surface area contributed by atoms with Crippen molar-refractivity contribution < 1.29 is 14.0 Å². The Balaban J connectivity index is 1.74. The van der Waals surface area contributed by atoms with Gasteiger partial charge < -0.3 is 20.0 Å². The van der Waals surface area contributed by atoms with Gasteiger partial charge in [-0.15, -0.1) is 0 Å². The highest BCUT2D eigenvalue weighted by Crippen LogP contribution is 2.10. The van der Waals surface area contributed by atoms with Crippen molar-refractivity contribution in [1.82, 2.24) is 15.5 Å². The van der Waals surface area contributed by atoms with Gasteiger partial charge in [0.1, 0.15) is 0 Å². The molecule has 0 atom stereocenters. The van der Waals surface area contributed by atoms with Crippen LogP contribution in [-0.4, -0.2) is 37.4 Å². The molecule has 6 nitrogen and oxygen atoms in total. The van der Waals surface area contributed by atoms with Crippen molar-refractivity contribution in [1.29, 1.82) is 0 Å².